The van der Waals surface area contributed by atoms with Crippen molar-refractivity contribution in [2.75, 3.05) is 5.73 Å². The van der Waals surface area contributed by atoms with Gasteiger partial charge < -0.3 is 5.73 Å². The Morgan fingerprint density at radius 1 is 1.00 bits per heavy atom. The summed E-state index contributed by atoms with van der Waals surface area (Å²) < 4.78 is 0. The van der Waals surface area contributed by atoms with E-state index in [4.69, 9.17) is 5.73 Å². The maximum atomic E-state index is 5.92. The predicted molar refractivity (Wildman–Crippen MR) is 79.6 cm³/mol. The molecule has 0 unspecified atom stereocenters. The van der Waals surface area contributed by atoms with Gasteiger partial charge in [-0.05, 0) is 53.6 Å². The van der Waals surface area contributed by atoms with Gasteiger partial charge in [-0.3, -0.25) is 0 Å². The molecule has 1 heteroatoms. The summed E-state index contributed by atoms with van der Waals surface area (Å²) in [6, 6.07) is 15.0. The van der Waals surface area contributed by atoms with Gasteiger partial charge >= 0.3 is 0 Å². The molecule has 2 aromatic rings. The van der Waals surface area contributed by atoms with Crippen LogP contribution in [0.5, 0.6) is 0 Å². The van der Waals surface area contributed by atoms with E-state index >= 15 is 0 Å². The molecule has 0 atom stereocenters. The van der Waals surface area contributed by atoms with E-state index in [1.165, 1.54) is 22.3 Å². The molecule has 0 aliphatic rings. The van der Waals surface area contributed by atoms with Gasteiger partial charge in [-0.15, -0.1) is 0 Å². The zero-order valence-electron chi connectivity index (χ0n) is 11.4. The van der Waals surface area contributed by atoms with E-state index in [1.807, 2.05) is 12.1 Å². The third-order valence-electron chi connectivity index (χ3n) is 3.00. The van der Waals surface area contributed by atoms with Crippen molar-refractivity contribution in [3.8, 4) is 11.1 Å². The molecule has 0 bridgehead atoms. The molecule has 0 amide bonds. The second-order valence-corrected chi connectivity index (χ2v) is 5.43. The van der Waals surface area contributed by atoms with Crippen LogP contribution in [0.1, 0.15) is 25.0 Å². The topological polar surface area (TPSA) is 26.0 Å². The highest BCUT2D eigenvalue weighted by molar-refractivity contribution is 5.69. The average Bonchev–Trinajstić information content (AvgIpc) is 2.27. The van der Waals surface area contributed by atoms with Crippen molar-refractivity contribution < 1.29 is 0 Å². The highest BCUT2D eigenvalue weighted by Gasteiger charge is 2.03. The molecule has 18 heavy (non-hydrogen) atoms. The van der Waals surface area contributed by atoms with E-state index in [2.05, 4.69) is 51.1 Å². The fourth-order valence-electron chi connectivity index (χ4n) is 2.33. The molecule has 2 N–H and O–H groups in total. The quantitative estimate of drug-likeness (QED) is 0.787. The summed E-state index contributed by atoms with van der Waals surface area (Å²) in [4.78, 5) is 0. The molecule has 0 fully saturated rings. The lowest BCUT2D eigenvalue weighted by molar-refractivity contribution is 0.647. The molecule has 0 saturated heterocycles. The molecule has 0 aliphatic carbocycles. The van der Waals surface area contributed by atoms with Crippen LogP contribution in [-0.4, -0.2) is 0 Å². The minimum absolute atomic E-state index is 0.683. The molecule has 1 nitrogen and oxygen atoms in total. The summed E-state index contributed by atoms with van der Waals surface area (Å²) in [6.07, 6.45) is 1.12. The Morgan fingerprint density at radius 3 is 2.44 bits per heavy atom. The van der Waals surface area contributed by atoms with Crippen LogP contribution in [-0.2, 0) is 6.42 Å². The largest absolute Gasteiger partial charge is 0.399 e. The lowest BCUT2D eigenvalue weighted by Gasteiger charge is -2.09. The zero-order chi connectivity index (χ0) is 13.1. The number of rotatable bonds is 3. The number of nitrogen functional groups attached to an aromatic ring is 1. The molecule has 2 aromatic carbocycles. The van der Waals surface area contributed by atoms with Crippen LogP contribution in [0, 0.1) is 12.8 Å². The lowest BCUT2D eigenvalue weighted by Crippen LogP contribution is -1.94. The molecule has 2 rings (SSSR count). The molecule has 0 aromatic heterocycles. The zero-order valence-corrected chi connectivity index (χ0v) is 11.4. The third-order valence-corrected chi connectivity index (χ3v) is 3.00. The number of anilines is 1. The monoisotopic (exact) mass is 239 g/mol. The van der Waals surface area contributed by atoms with E-state index in [1.54, 1.807) is 0 Å². The van der Waals surface area contributed by atoms with Gasteiger partial charge in [0, 0.05) is 5.69 Å². The first-order valence-electron chi connectivity index (χ1n) is 6.51. The number of benzene rings is 2. The molecule has 94 valence electrons. The number of aryl methyl sites for hydroxylation is 1. The van der Waals surface area contributed by atoms with Crippen LogP contribution >= 0.6 is 0 Å². The Morgan fingerprint density at radius 2 is 1.78 bits per heavy atom. The highest BCUT2D eigenvalue weighted by atomic mass is 14.5. The maximum absolute atomic E-state index is 5.92. The Labute approximate surface area is 110 Å². The summed E-state index contributed by atoms with van der Waals surface area (Å²) in [5.74, 6) is 0.683. The summed E-state index contributed by atoms with van der Waals surface area (Å²) in [5.41, 5.74) is 11.8. The van der Waals surface area contributed by atoms with E-state index < -0.39 is 0 Å². The van der Waals surface area contributed by atoms with E-state index in [0.29, 0.717) is 5.92 Å². The van der Waals surface area contributed by atoms with E-state index in [0.717, 1.165) is 12.1 Å². The Hall–Kier alpha value is -1.76. The van der Waals surface area contributed by atoms with Gasteiger partial charge in [0.2, 0.25) is 0 Å². The van der Waals surface area contributed by atoms with Crippen molar-refractivity contribution >= 4 is 5.69 Å². The van der Waals surface area contributed by atoms with Crippen molar-refractivity contribution in [1.82, 2.24) is 0 Å². The first-order chi connectivity index (χ1) is 8.54. The van der Waals surface area contributed by atoms with Gasteiger partial charge in [-0.2, -0.15) is 0 Å². The smallest absolute Gasteiger partial charge is 0.0322 e. The second kappa shape index (κ2) is 5.26. The Kier molecular flexibility index (Phi) is 3.71. The standard InChI is InChI=1S/C17H21N/c1-12(2)7-14-5-4-6-15(10-14)16-8-13(3)9-17(18)11-16/h4-6,8-12H,7,18H2,1-3H3. The fourth-order valence-corrected chi connectivity index (χ4v) is 2.33. The fraction of sp³-hybridized carbons (Fsp3) is 0.294. The Balaban J connectivity index is 2.38. The minimum atomic E-state index is 0.683. The molecule has 0 spiro atoms. The normalized spacial score (nSPS) is 10.9. The van der Waals surface area contributed by atoms with Gasteiger partial charge in [0.15, 0.2) is 0 Å². The number of hydrogen-bond acceptors (Lipinski definition) is 1. The molecule has 0 heterocycles. The van der Waals surface area contributed by atoms with Gasteiger partial charge in [0.05, 0.1) is 0 Å². The summed E-state index contributed by atoms with van der Waals surface area (Å²) >= 11 is 0. The molecular formula is C17H21N. The second-order valence-electron chi connectivity index (χ2n) is 5.43. The van der Waals surface area contributed by atoms with Crippen LogP contribution < -0.4 is 5.73 Å². The predicted octanol–water partition coefficient (Wildman–Crippen LogP) is 4.44. The van der Waals surface area contributed by atoms with E-state index in [9.17, 15) is 0 Å². The first kappa shape index (κ1) is 12.7. The third kappa shape index (κ3) is 3.13. The summed E-state index contributed by atoms with van der Waals surface area (Å²) in [6.45, 7) is 6.58. The van der Waals surface area contributed by atoms with Crippen molar-refractivity contribution in [2.45, 2.75) is 27.2 Å². The highest BCUT2D eigenvalue weighted by Crippen LogP contribution is 2.25. The van der Waals surface area contributed by atoms with Crippen molar-refractivity contribution in [2.24, 2.45) is 5.92 Å². The van der Waals surface area contributed by atoms with Gasteiger partial charge in [-0.1, -0.05) is 44.2 Å². The summed E-state index contributed by atoms with van der Waals surface area (Å²) in [7, 11) is 0. The SMILES string of the molecule is Cc1cc(N)cc(-c2cccc(CC(C)C)c2)c1. The van der Waals surface area contributed by atoms with Crippen molar-refractivity contribution in [3.05, 3.63) is 53.6 Å². The van der Waals surface area contributed by atoms with Crippen LogP contribution in [0.3, 0.4) is 0 Å². The molecule has 0 radical (unpaired) electrons. The van der Waals surface area contributed by atoms with Crippen LogP contribution in [0.25, 0.3) is 11.1 Å². The van der Waals surface area contributed by atoms with Crippen LogP contribution in [0.4, 0.5) is 5.69 Å². The lowest BCUT2D eigenvalue weighted by atomic mass is 9.97. The van der Waals surface area contributed by atoms with Gasteiger partial charge in [-0.25, -0.2) is 0 Å². The van der Waals surface area contributed by atoms with E-state index in [-0.39, 0.29) is 0 Å². The van der Waals surface area contributed by atoms with Crippen molar-refractivity contribution in [1.29, 1.82) is 0 Å². The Bertz CT molecular complexity index is 521. The van der Waals surface area contributed by atoms with Crippen LogP contribution in [0.2, 0.25) is 0 Å². The van der Waals surface area contributed by atoms with Crippen LogP contribution in [0.15, 0.2) is 42.5 Å². The molecule has 0 saturated carbocycles. The molecular weight excluding hydrogens is 218 g/mol. The van der Waals surface area contributed by atoms with Crippen molar-refractivity contribution in [3.63, 3.8) is 0 Å². The average molecular weight is 239 g/mol. The number of nitrogens with two attached hydrogens (primary N) is 1. The minimum Gasteiger partial charge on any atom is -0.399 e. The first-order valence-corrected chi connectivity index (χ1v) is 6.51. The molecule has 0 aliphatic heterocycles. The van der Waals surface area contributed by atoms with Gasteiger partial charge in [0.25, 0.3) is 0 Å². The van der Waals surface area contributed by atoms with Gasteiger partial charge in [0.1, 0.15) is 0 Å². The maximum Gasteiger partial charge on any atom is 0.0322 e. The number of hydrogen-bond donors (Lipinski definition) is 1. The summed E-state index contributed by atoms with van der Waals surface area (Å²) in [5, 5.41) is 0.